The molecule has 1 aromatic heterocycles. The lowest BCUT2D eigenvalue weighted by Gasteiger charge is -2.09. The van der Waals surface area contributed by atoms with E-state index < -0.39 is 0 Å². The van der Waals surface area contributed by atoms with Crippen LogP contribution >= 0.6 is 0 Å². The van der Waals surface area contributed by atoms with Crippen LogP contribution < -0.4 is 20.9 Å². The fourth-order valence-corrected chi connectivity index (χ4v) is 0.730. The highest BCUT2D eigenvalue weighted by Crippen LogP contribution is 2.09. The Bertz CT molecular complexity index is 266. The molecule has 6 heteroatoms. The van der Waals surface area contributed by atoms with Crippen LogP contribution in [0.1, 0.15) is 6.92 Å². The third-order valence-electron chi connectivity index (χ3n) is 1.23. The van der Waals surface area contributed by atoms with E-state index in [1.165, 1.54) is 6.07 Å². The van der Waals surface area contributed by atoms with Crippen LogP contribution in [0.15, 0.2) is 6.07 Å². The van der Waals surface area contributed by atoms with Crippen molar-refractivity contribution in [2.24, 2.45) is 0 Å². The number of nitrogens with zero attached hydrogens (tertiary/aromatic N) is 2. The number of hydrogen-bond acceptors (Lipinski definition) is 5. The first-order chi connectivity index (χ1) is 5.65. The molecule has 0 bridgehead atoms. The zero-order valence-corrected chi connectivity index (χ0v) is 6.65. The molecule has 1 aromatic rings. The van der Waals surface area contributed by atoms with Gasteiger partial charge in [0.15, 0.2) is 5.82 Å². The van der Waals surface area contributed by atoms with Gasteiger partial charge in [0.05, 0.1) is 12.7 Å². The zero-order valence-electron chi connectivity index (χ0n) is 6.65. The molecule has 0 spiro atoms. The van der Waals surface area contributed by atoms with Crippen molar-refractivity contribution in [3.63, 3.8) is 0 Å². The monoisotopic (exact) mass is 170 g/mol. The lowest BCUT2D eigenvalue weighted by Crippen LogP contribution is -2.35. The van der Waals surface area contributed by atoms with Crippen molar-refractivity contribution in [3.05, 3.63) is 11.3 Å². The van der Waals surface area contributed by atoms with Crippen LogP contribution in [0.3, 0.4) is 0 Å². The van der Waals surface area contributed by atoms with Gasteiger partial charge in [-0.05, 0) is 6.92 Å². The second-order valence-corrected chi connectivity index (χ2v) is 2.10. The van der Waals surface area contributed by atoms with Crippen molar-refractivity contribution in [3.8, 4) is 5.88 Å². The molecule has 6 nitrogen and oxygen atoms in total. The summed E-state index contributed by atoms with van der Waals surface area (Å²) in [5, 5.41) is 10.9. The summed E-state index contributed by atoms with van der Waals surface area (Å²) in [6.07, 6.45) is 0. The van der Waals surface area contributed by atoms with Crippen molar-refractivity contribution in [1.82, 2.24) is 4.98 Å². The molecule has 0 saturated carbocycles. The number of ether oxygens (including phenoxy) is 1. The van der Waals surface area contributed by atoms with Crippen LogP contribution in [-0.2, 0) is 0 Å². The van der Waals surface area contributed by atoms with Crippen molar-refractivity contribution >= 4 is 11.8 Å². The number of nitrogens with two attached hydrogens (primary N) is 2. The van der Waals surface area contributed by atoms with Crippen molar-refractivity contribution in [2.75, 3.05) is 18.1 Å². The van der Waals surface area contributed by atoms with Crippen LogP contribution in [0.2, 0.25) is 0 Å². The van der Waals surface area contributed by atoms with Gasteiger partial charge in [0.1, 0.15) is 0 Å². The molecular weight excluding hydrogens is 160 g/mol. The SMILES string of the molecule is CCOc1cc(N)[n+]([O-])c(N)n1. The average molecular weight is 170 g/mol. The summed E-state index contributed by atoms with van der Waals surface area (Å²) >= 11 is 0. The minimum atomic E-state index is -0.210. The lowest BCUT2D eigenvalue weighted by molar-refractivity contribution is -0.577. The van der Waals surface area contributed by atoms with Gasteiger partial charge < -0.3 is 21.4 Å². The summed E-state index contributed by atoms with van der Waals surface area (Å²) in [5.74, 6) is 0.0315. The van der Waals surface area contributed by atoms with Gasteiger partial charge in [-0.1, -0.05) is 4.98 Å². The van der Waals surface area contributed by atoms with Gasteiger partial charge in [-0.15, -0.1) is 0 Å². The Labute approximate surface area is 69.4 Å². The number of nitrogen functional groups attached to an aromatic ring is 2. The molecule has 0 unspecified atom stereocenters. The Morgan fingerprint density at radius 1 is 1.67 bits per heavy atom. The lowest BCUT2D eigenvalue weighted by atomic mass is 10.5. The topological polar surface area (TPSA) is 101 Å². The minimum absolute atomic E-state index is 0.0223. The normalized spacial score (nSPS) is 9.75. The molecule has 0 aliphatic carbocycles. The summed E-state index contributed by atoms with van der Waals surface area (Å²) in [6.45, 7) is 2.25. The van der Waals surface area contributed by atoms with E-state index in [9.17, 15) is 5.21 Å². The van der Waals surface area contributed by atoms with Gasteiger partial charge in [0.2, 0.25) is 0 Å². The largest absolute Gasteiger partial charge is 0.754 e. The quantitative estimate of drug-likeness (QED) is 0.450. The van der Waals surface area contributed by atoms with Gasteiger partial charge in [0.25, 0.3) is 5.88 Å². The van der Waals surface area contributed by atoms with Crippen LogP contribution in [-0.4, -0.2) is 11.6 Å². The summed E-state index contributed by atoms with van der Waals surface area (Å²) in [7, 11) is 0. The van der Waals surface area contributed by atoms with E-state index in [1.807, 2.05) is 0 Å². The maximum atomic E-state index is 10.9. The van der Waals surface area contributed by atoms with Crippen LogP contribution in [0.4, 0.5) is 11.8 Å². The Hall–Kier alpha value is -1.72. The zero-order chi connectivity index (χ0) is 9.14. The molecule has 0 atom stereocenters. The standard InChI is InChI=1S/C6H10N4O2/c1-2-12-5-3-4(7)10(11)6(8)9-5/h3H,2,7H2,1H3,(H2,8,9). The second-order valence-electron chi connectivity index (χ2n) is 2.10. The number of rotatable bonds is 2. The molecule has 1 rings (SSSR count). The fourth-order valence-electron chi connectivity index (χ4n) is 0.730. The van der Waals surface area contributed by atoms with E-state index in [2.05, 4.69) is 4.98 Å². The van der Waals surface area contributed by atoms with E-state index in [0.29, 0.717) is 11.3 Å². The molecule has 66 valence electrons. The van der Waals surface area contributed by atoms with Crippen LogP contribution in [0, 0.1) is 5.21 Å². The van der Waals surface area contributed by atoms with Crippen molar-refractivity contribution in [1.29, 1.82) is 0 Å². The molecule has 4 N–H and O–H groups in total. The molecule has 0 amide bonds. The molecule has 0 saturated heterocycles. The highest BCUT2D eigenvalue weighted by atomic mass is 16.5. The summed E-state index contributed by atoms with van der Waals surface area (Å²) in [6, 6.07) is 1.33. The highest BCUT2D eigenvalue weighted by molar-refractivity contribution is 5.31. The smallest absolute Gasteiger partial charge is 0.347 e. The van der Waals surface area contributed by atoms with Gasteiger partial charge >= 0.3 is 5.95 Å². The summed E-state index contributed by atoms with van der Waals surface area (Å²) < 4.78 is 5.34. The maximum absolute atomic E-state index is 10.9. The van der Waals surface area contributed by atoms with Gasteiger partial charge in [-0.2, -0.15) is 0 Å². The number of hydrogen-bond donors (Lipinski definition) is 2. The first-order valence-corrected chi connectivity index (χ1v) is 3.43. The van der Waals surface area contributed by atoms with E-state index >= 15 is 0 Å². The van der Waals surface area contributed by atoms with Crippen molar-refractivity contribution < 1.29 is 9.47 Å². The Balaban J connectivity index is 3.04. The second kappa shape index (κ2) is 3.12. The van der Waals surface area contributed by atoms with E-state index in [4.69, 9.17) is 16.2 Å². The molecular formula is C6H10N4O2. The highest BCUT2D eigenvalue weighted by Gasteiger charge is 2.07. The molecule has 1 heterocycles. The van der Waals surface area contributed by atoms with Crippen LogP contribution in [0.5, 0.6) is 5.88 Å². The Kier molecular flexibility index (Phi) is 2.18. The first kappa shape index (κ1) is 8.38. The third kappa shape index (κ3) is 1.47. The Morgan fingerprint density at radius 2 is 2.33 bits per heavy atom. The van der Waals surface area contributed by atoms with Gasteiger partial charge in [-0.25, -0.2) is 4.73 Å². The average Bonchev–Trinajstić information content (AvgIpc) is 2.01. The maximum Gasteiger partial charge on any atom is 0.347 e. The summed E-state index contributed by atoms with van der Waals surface area (Å²) in [5.41, 5.74) is 10.5. The Morgan fingerprint density at radius 3 is 2.83 bits per heavy atom. The number of anilines is 2. The van der Waals surface area contributed by atoms with Gasteiger partial charge in [-0.3, -0.25) is 0 Å². The van der Waals surface area contributed by atoms with Crippen molar-refractivity contribution in [2.45, 2.75) is 6.92 Å². The molecule has 0 radical (unpaired) electrons. The predicted octanol–water partition coefficient (Wildman–Crippen LogP) is -0.722. The predicted molar refractivity (Wildman–Crippen MR) is 43.2 cm³/mol. The molecule has 0 fully saturated rings. The third-order valence-corrected chi connectivity index (χ3v) is 1.23. The molecule has 12 heavy (non-hydrogen) atoms. The molecule has 0 aliphatic rings. The molecule has 0 aliphatic heterocycles. The first-order valence-electron chi connectivity index (χ1n) is 3.43. The van der Waals surface area contributed by atoms with E-state index in [1.54, 1.807) is 6.92 Å². The molecule has 0 aromatic carbocycles. The van der Waals surface area contributed by atoms with E-state index in [-0.39, 0.29) is 17.6 Å². The van der Waals surface area contributed by atoms with E-state index in [0.717, 1.165) is 0 Å². The summed E-state index contributed by atoms with van der Waals surface area (Å²) in [4.78, 5) is 3.65. The van der Waals surface area contributed by atoms with Gasteiger partial charge in [0, 0.05) is 0 Å². The minimum Gasteiger partial charge on any atom is -0.754 e. The van der Waals surface area contributed by atoms with Crippen LogP contribution in [0.25, 0.3) is 0 Å². The fraction of sp³-hybridized carbons (Fsp3) is 0.333. The number of aromatic nitrogens is 2.